The van der Waals surface area contributed by atoms with Crippen LogP contribution in [0.4, 0.5) is 0 Å². The Labute approximate surface area is 258 Å². The van der Waals surface area contributed by atoms with Gasteiger partial charge in [0.05, 0.1) is 12.7 Å². The second kappa shape index (κ2) is 12.9. The molecule has 18 nitrogen and oxygen atoms in total. The van der Waals surface area contributed by atoms with E-state index in [1.807, 2.05) is 0 Å². The molecule has 0 spiro atoms. The van der Waals surface area contributed by atoms with Crippen LogP contribution in [0.2, 0.25) is 0 Å². The molecule has 1 aromatic heterocycles. The largest absolute Gasteiger partial charge is 0.507 e. The first kappa shape index (κ1) is 33.8. The lowest BCUT2D eigenvalue weighted by atomic mass is 9.98. The van der Waals surface area contributed by atoms with Crippen molar-refractivity contribution in [3.63, 3.8) is 0 Å². The molecule has 0 unspecified atom stereocenters. The second-order valence-corrected chi connectivity index (χ2v) is 11.7. The molecule has 0 aliphatic carbocycles. The average Bonchev–Trinajstić information content (AvgIpc) is 2.97. The Hall–Kier alpha value is -3.60. The van der Waals surface area contributed by atoms with Crippen LogP contribution < -0.4 is 14.3 Å². The van der Waals surface area contributed by atoms with Crippen molar-refractivity contribution >= 4 is 21.4 Å². The van der Waals surface area contributed by atoms with Gasteiger partial charge in [-0.1, -0.05) is 0 Å². The number of aliphatic hydroxyl groups excluding tert-OH is 6. The number of phenolic OH excluding ortho intramolecular Hbond substituents is 2. The third kappa shape index (κ3) is 6.89. The molecule has 3 aromatic rings. The Morgan fingerprint density at radius 2 is 1.48 bits per heavy atom. The maximum Gasteiger partial charge on any atom is 0.446 e. The van der Waals surface area contributed by atoms with Gasteiger partial charge in [-0.05, 0) is 25.1 Å². The van der Waals surface area contributed by atoms with E-state index in [2.05, 4.69) is 4.18 Å². The van der Waals surface area contributed by atoms with E-state index in [-0.39, 0.29) is 28.0 Å². The fourth-order valence-corrected chi connectivity index (χ4v) is 5.27. The standard InChI is InChI=1S/C27H30O18S/c1-9-20(31)22(33)24(35)26(41-9)40-8-18-21(32)23(34)25(36)27(44-18)43-16-4-10(2-3-12(16)28)15-7-14(30)19-13(29)5-11(6-17(19)42-15)45-46(37,38)39/h2-7,9,18,20-29,31-36H,8H2,1H3,(H,37,38,39)/t9-,18+,20-,21+,22+,23-,24+,25+,26+,27+/m0/s1. The van der Waals surface area contributed by atoms with Crippen LogP contribution in [0.15, 0.2) is 45.6 Å². The zero-order chi connectivity index (χ0) is 33.7. The lowest BCUT2D eigenvalue weighted by molar-refractivity contribution is -0.318. The van der Waals surface area contributed by atoms with E-state index < -0.39 is 101 Å². The molecule has 2 aliphatic heterocycles. The zero-order valence-corrected chi connectivity index (χ0v) is 24.4. The first-order valence-corrected chi connectivity index (χ1v) is 14.9. The molecule has 19 heteroatoms. The van der Waals surface area contributed by atoms with Gasteiger partial charge in [-0.25, -0.2) is 0 Å². The predicted molar refractivity (Wildman–Crippen MR) is 149 cm³/mol. The minimum absolute atomic E-state index is 0.0801. The Balaban J connectivity index is 1.37. The van der Waals surface area contributed by atoms with E-state index in [1.54, 1.807) is 0 Å². The average molecular weight is 675 g/mol. The first-order valence-electron chi connectivity index (χ1n) is 13.5. The summed E-state index contributed by atoms with van der Waals surface area (Å²) >= 11 is 0. The molecule has 2 aliphatic rings. The Morgan fingerprint density at radius 1 is 0.804 bits per heavy atom. The van der Waals surface area contributed by atoms with E-state index in [0.717, 1.165) is 30.3 Å². The Morgan fingerprint density at radius 3 is 2.17 bits per heavy atom. The molecule has 9 N–H and O–H groups in total. The third-order valence-electron chi connectivity index (χ3n) is 7.37. The van der Waals surface area contributed by atoms with E-state index >= 15 is 0 Å². The van der Waals surface area contributed by atoms with Crippen LogP contribution >= 0.6 is 0 Å². The summed E-state index contributed by atoms with van der Waals surface area (Å²) in [5, 5.41) is 81.8. The monoisotopic (exact) mass is 674 g/mol. The quantitative estimate of drug-likeness (QED) is 0.118. The lowest BCUT2D eigenvalue weighted by Gasteiger charge is -2.42. The molecule has 0 saturated carbocycles. The summed E-state index contributed by atoms with van der Waals surface area (Å²) in [5.74, 6) is -2.32. The SMILES string of the molecule is C[C@@H]1O[C@@H](OC[C@H]2O[C@@H](Oc3cc(-c4cc(=O)c5c(O)cc(OS(=O)(=O)O)cc5o4)ccc3O)[C@H](O)[C@@H](O)[C@@H]2O)[C@H](O)[C@H](O)[C@H]1O. The van der Waals surface area contributed by atoms with Gasteiger partial charge in [0.2, 0.25) is 6.29 Å². The molecule has 2 saturated heterocycles. The third-order valence-corrected chi connectivity index (χ3v) is 7.78. The van der Waals surface area contributed by atoms with Crippen molar-refractivity contribution in [2.75, 3.05) is 6.61 Å². The van der Waals surface area contributed by atoms with Crippen LogP contribution in [0.1, 0.15) is 6.92 Å². The molecule has 2 aromatic carbocycles. The van der Waals surface area contributed by atoms with Crippen molar-refractivity contribution < 1.29 is 81.4 Å². The number of benzene rings is 2. The Kier molecular flexibility index (Phi) is 9.46. The number of aliphatic hydroxyl groups is 6. The summed E-state index contributed by atoms with van der Waals surface area (Å²) in [5.41, 5.74) is -1.03. The Bertz CT molecular complexity index is 1740. The fraction of sp³-hybridized carbons (Fsp3) is 0.444. The number of hydrogen-bond acceptors (Lipinski definition) is 17. The van der Waals surface area contributed by atoms with Crippen molar-refractivity contribution in [1.82, 2.24) is 0 Å². The molecule has 252 valence electrons. The minimum atomic E-state index is -4.98. The highest BCUT2D eigenvalue weighted by molar-refractivity contribution is 7.81. The molecule has 46 heavy (non-hydrogen) atoms. The number of hydrogen-bond donors (Lipinski definition) is 9. The highest BCUT2D eigenvalue weighted by atomic mass is 32.3. The van der Waals surface area contributed by atoms with E-state index in [0.29, 0.717) is 0 Å². The summed E-state index contributed by atoms with van der Waals surface area (Å²) in [6.07, 6.45) is -15.7. The van der Waals surface area contributed by atoms with Crippen LogP contribution in [0.5, 0.6) is 23.0 Å². The maximum atomic E-state index is 12.8. The van der Waals surface area contributed by atoms with Gasteiger partial charge in [-0.3, -0.25) is 9.35 Å². The summed E-state index contributed by atoms with van der Waals surface area (Å²) in [7, 11) is -4.98. The van der Waals surface area contributed by atoms with Crippen molar-refractivity contribution in [3.8, 4) is 34.3 Å². The van der Waals surface area contributed by atoms with Crippen molar-refractivity contribution in [3.05, 3.63) is 46.6 Å². The molecular formula is C27H30O18S. The molecule has 0 amide bonds. The number of aromatic hydroxyl groups is 2. The molecule has 5 rings (SSSR count). The minimum Gasteiger partial charge on any atom is -0.507 e. The number of fused-ring (bicyclic) bond motifs is 1. The van der Waals surface area contributed by atoms with E-state index in [4.69, 9.17) is 27.9 Å². The van der Waals surface area contributed by atoms with Gasteiger partial charge in [-0.15, -0.1) is 0 Å². The van der Waals surface area contributed by atoms with Crippen LogP contribution in [0.3, 0.4) is 0 Å². The zero-order valence-electron chi connectivity index (χ0n) is 23.6. The lowest BCUT2D eigenvalue weighted by Crippen LogP contribution is -2.61. The van der Waals surface area contributed by atoms with Crippen LogP contribution in [0.25, 0.3) is 22.3 Å². The number of phenols is 2. The number of ether oxygens (including phenoxy) is 4. The second-order valence-electron chi connectivity index (χ2n) is 10.6. The smallest absolute Gasteiger partial charge is 0.446 e. The van der Waals surface area contributed by atoms with Crippen molar-refractivity contribution in [2.24, 2.45) is 0 Å². The first-order chi connectivity index (χ1) is 21.5. The predicted octanol–water partition coefficient (Wildman–Crippen LogP) is -1.92. The van der Waals surface area contributed by atoms with Crippen molar-refractivity contribution in [2.45, 2.75) is 68.3 Å². The molecule has 0 bridgehead atoms. The summed E-state index contributed by atoms with van der Waals surface area (Å²) in [6.45, 7) is 0.863. The van der Waals surface area contributed by atoms with E-state index in [9.17, 15) is 54.1 Å². The van der Waals surface area contributed by atoms with E-state index in [1.165, 1.54) is 13.0 Å². The van der Waals surface area contributed by atoms with Gasteiger partial charge in [0.1, 0.15) is 65.2 Å². The normalized spacial score (nSPS) is 31.9. The van der Waals surface area contributed by atoms with Crippen molar-refractivity contribution in [1.29, 1.82) is 0 Å². The highest BCUT2D eigenvalue weighted by Crippen LogP contribution is 2.37. The fourth-order valence-electron chi connectivity index (χ4n) is 4.93. The van der Waals surface area contributed by atoms with Crippen LogP contribution in [0, 0.1) is 0 Å². The van der Waals surface area contributed by atoms with Gasteiger partial charge in [0.15, 0.2) is 29.0 Å². The molecule has 2 fully saturated rings. The van der Waals surface area contributed by atoms with Gasteiger partial charge < -0.3 is 68.4 Å². The maximum absolute atomic E-state index is 12.8. The van der Waals surface area contributed by atoms with Gasteiger partial charge in [0.25, 0.3) is 0 Å². The summed E-state index contributed by atoms with van der Waals surface area (Å²) in [4.78, 5) is 12.8. The molecule has 10 atom stereocenters. The molecular weight excluding hydrogens is 644 g/mol. The summed E-state index contributed by atoms with van der Waals surface area (Å²) in [6, 6.07) is 6.23. The van der Waals surface area contributed by atoms with Gasteiger partial charge in [0, 0.05) is 23.8 Å². The van der Waals surface area contributed by atoms with Crippen LogP contribution in [-0.4, -0.2) is 122 Å². The molecule has 0 radical (unpaired) electrons. The summed E-state index contributed by atoms with van der Waals surface area (Å²) < 4.78 is 63.1. The number of rotatable bonds is 8. The van der Waals surface area contributed by atoms with Crippen LogP contribution in [-0.2, 0) is 24.6 Å². The highest BCUT2D eigenvalue weighted by Gasteiger charge is 2.47. The van der Waals surface area contributed by atoms with Gasteiger partial charge in [-0.2, -0.15) is 8.42 Å². The van der Waals surface area contributed by atoms with Gasteiger partial charge >= 0.3 is 10.4 Å². The topological polar surface area (TPSA) is 293 Å². The molecule has 3 heterocycles.